The van der Waals surface area contributed by atoms with Gasteiger partial charge in [-0.05, 0) is 12.8 Å². The summed E-state index contributed by atoms with van der Waals surface area (Å²) in [7, 11) is 1.51. The highest BCUT2D eigenvalue weighted by Crippen LogP contribution is 2.22. The molecule has 0 amide bonds. The molecular weight excluding hydrogens is 196 g/mol. The zero-order valence-corrected chi connectivity index (χ0v) is 9.08. The first-order valence-electron chi connectivity index (χ1n) is 5.03. The molecule has 15 heavy (non-hydrogen) atoms. The number of ether oxygens (including phenoxy) is 1. The second-order valence-electron chi connectivity index (χ2n) is 3.30. The number of hydrogen-bond donors (Lipinski definition) is 1. The average Bonchev–Trinajstić information content (AvgIpc) is 2.26. The van der Waals surface area contributed by atoms with Gasteiger partial charge in [0, 0.05) is 5.56 Å². The molecule has 0 aliphatic heterocycles. The van der Waals surface area contributed by atoms with Gasteiger partial charge < -0.3 is 14.3 Å². The Hall–Kier alpha value is -1.29. The van der Waals surface area contributed by atoms with E-state index in [1.54, 1.807) is 0 Å². The van der Waals surface area contributed by atoms with Gasteiger partial charge in [-0.15, -0.1) is 0 Å². The predicted molar refractivity (Wildman–Crippen MR) is 56.1 cm³/mol. The van der Waals surface area contributed by atoms with Gasteiger partial charge in [-0.25, -0.2) is 4.79 Å². The molecule has 0 aliphatic rings. The van der Waals surface area contributed by atoms with Crippen LogP contribution in [0.4, 0.5) is 0 Å². The van der Waals surface area contributed by atoms with Gasteiger partial charge in [-0.3, -0.25) is 0 Å². The van der Waals surface area contributed by atoms with Crippen molar-refractivity contribution in [3.8, 4) is 5.75 Å². The van der Waals surface area contributed by atoms with Crippen LogP contribution in [0.1, 0.15) is 31.1 Å². The maximum Gasteiger partial charge on any atom is 0.339 e. The van der Waals surface area contributed by atoms with E-state index in [9.17, 15) is 4.79 Å². The maximum absolute atomic E-state index is 11.1. The van der Waals surface area contributed by atoms with Crippen LogP contribution in [-0.2, 0) is 13.0 Å². The number of hydrogen-bond acceptors (Lipinski definition) is 4. The minimum absolute atomic E-state index is 0.272. The first-order chi connectivity index (χ1) is 7.22. The van der Waals surface area contributed by atoms with Crippen LogP contribution in [0.2, 0.25) is 0 Å². The van der Waals surface area contributed by atoms with E-state index in [1.165, 1.54) is 13.2 Å². The van der Waals surface area contributed by atoms with Crippen molar-refractivity contribution >= 4 is 0 Å². The van der Waals surface area contributed by atoms with Crippen molar-refractivity contribution in [3.05, 3.63) is 27.8 Å². The molecule has 0 atom stereocenters. The Kier molecular flexibility index (Phi) is 4.37. The summed E-state index contributed by atoms with van der Waals surface area (Å²) in [6.07, 6.45) is 2.75. The summed E-state index contributed by atoms with van der Waals surface area (Å²) in [6.45, 7) is 1.80. The summed E-state index contributed by atoms with van der Waals surface area (Å²) in [5, 5.41) is 9.07. The van der Waals surface area contributed by atoms with Crippen molar-refractivity contribution < 1.29 is 14.3 Å². The minimum atomic E-state index is -0.490. The van der Waals surface area contributed by atoms with Crippen molar-refractivity contribution in [2.45, 2.75) is 32.8 Å². The number of aliphatic hydroxyl groups excluding tert-OH is 1. The van der Waals surface area contributed by atoms with Gasteiger partial charge in [0.05, 0.1) is 13.2 Å². The van der Waals surface area contributed by atoms with Gasteiger partial charge in [0.15, 0.2) is 0 Å². The molecule has 4 heteroatoms. The molecule has 1 rings (SSSR count). The third-order valence-electron chi connectivity index (χ3n) is 2.25. The first-order valence-corrected chi connectivity index (χ1v) is 5.03. The number of methoxy groups -OCH3 is 1. The molecule has 1 aromatic heterocycles. The third-order valence-corrected chi connectivity index (χ3v) is 2.25. The zero-order valence-electron chi connectivity index (χ0n) is 9.08. The Balaban J connectivity index is 3.12. The molecule has 1 aromatic rings. The normalized spacial score (nSPS) is 10.3. The highest BCUT2D eigenvalue weighted by atomic mass is 16.5. The molecule has 0 aromatic carbocycles. The van der Waals surface area contributed by atoms with Crippen molar-refractivity contribution in [3.63, 3.8) is 0 Å². The highest BCUT2D eigenvalue weighted by Gasteiger charge is 2.12. The predicted octanol–water partition coefficient (Wildman–Crippen LogP) is 1.48. The number of rotatable bonds is 5. The molecule has 4 nitrogen and oxygen atoms in total. The fourth-order valence-electron chi connectivity index (χ4n) is 1.47. The monoisotopic (exact) mass is 212 g/mol. The van der Waals surface area contributed by atoms with E-state index >= 15 is 0 Å². The summed E-state index contributed by atoms with van der Waals surface area (Å²) in [6, 6.07) is 1.31. The van der Waals surface area contributed by atoms with E-state index in [0.717, 1.165) is 24.8 Å². The molecule has 0 spiro atoms. The van der Waals surface area contributed by atoms with Gasteiger partial charge in [-0.1, -0.05) is 13.3 Å². The van der Waals surface area contributed by atoms with E-state index in [0.29, 0.717) is 11.5 Å². The quantitative estimate of drug-likeness (QED) is 0.803. The number of aliphatic hydroxyl groups is 1. The van der Waals surface area contributed by atoms with Crippen LogP contribution in [0.3, 0.4) is 0 Å². The Labute approximate surface area is 88.5 Å². The lowest BCUT2D eigenvalue weighted by Crippen LogP contribution is -2.07. The molecule has 0 fully saturated rings. The van der Waals surface area contributed by atoms with Gasteiger partial charge in [0.1, 0.15) is 18.1 Å². The van der Waals surface area contributed by atoms with E-state index in [1.807, 2.05) is 0 Å². The largest absolute Gasteiger partial charge is 0.496 e. The molecule has 0 aliphatic carbocycles. The summed E-state index contributed by atoms with van der Waals surface area (Å²) in [4.78, 5) is 11.1. The zero-order chi connectivity index (χ0) is 11.3. The van der Waals surface area contributed by atoms with Crippen LogP contribution in [0, 0.1) is 0 Å². The first kappa shape index (κ1) is 11.8. The fourth-order valence-corrected chi connectivity index (χ4v) is 1.47. The second-order valence-corrected chi connectivity index (χ2v) is 3.30. The fraction of sp³-hybridized carbons (Fsp3) is 0.545. The average molecular weight is 212 g/mol. The second kappa shape index (κ2) is 5.56. The lowest BCUT2D eigenvalue weighted by Gasteiger charge is -2.09. The van der Waals surface area contributed by atoms with Gasteiger partial charge >= 0.3 is 5.63 Å². The van der Waals surface area contributed by atoms with Crippen LogP contribution in [0.25, 0.3) is 0 Å². The molecular formula is C11H16O4. The summed E-state index contributed by atoms with van der Waals surface area (Å²) in [5.41, 5.74) is 0.303. The number of unbranched alkanes of at least 4 members (excludes halogenated alkanes) is 1. The van der Waals surface area contributed by atoms with Crippen molar-refractivity contribution in [2.24, 2.45) is 0 Å². The van der Waals surface area contributed by atoms with Gasteiger partial charge in [-0.2, -0.15) is 0 Å². The van der Waals surface area contributed by atoms with Crippen molar-refractivity contribution in [1.82, 2.24) is 0 Å². The van der Waals surface area contributed by atoms with E-state index in [-0.39, 0.29) is 6.61 Å². The summed E-state index contributed by atoms with van der Waals surface area (Å²) < 4.78 is 10.0. The van der Waals surface area contributed by atoms with Crippen molar-refractivity contribution in [1.29, 1.82) is 0 Å². The van der Waals surface area contributed by atoms with E-state index in [2.05, 4.69) is 6.92 Å². The van der Waals surface area contributed by atoms with Crippen LogP contribution < -0.4 is 10.4 Å². The third kappa shape index (κ3) is 2.83. The molecule has 1 N–H and O–H groups in total. The molecule has 0 saturated carbocycles. The van der Waals surface area contributed by atoms with Crippen LogP contribution in [0.5, 0.6) is 5.75 Å². The Morgan fingerprint density at radius 3 is 2.80 bits per heavy atom. The van der Waals surface area contributed by atoms with Crippen LogP contribution in [0.15, 0.2) is 15.3 Å². The lowest BCUT2D eigenvalue weighted by molar-refractivity contribution is 0.234. The molecule has 0 bridgehead atoms. The van der Waals surface area contributed by atoms with Gasteiger partial charge in [0.2, 0.25) is 0 Å². The maximum atomic E-state index is 11.1. The highest BCUT2D eigenvalue weighted by molar-refractivity contribution is 5.34. The standard InChI is InChI=1S/C11H16O4/c1-3-4-5-8-9(14-2)6-11(13)15-10(8)7-12/h6,12H,3-5,7H2,1-2H3. The van der Waals surface area contributed by atoms with Crippen LogP contribution >= 0.6 is 0 Å². The Bertz CT molecular complexity index is 339. The molecule has 0 radical (unpaired) electrons. The SMILES string of the molecule is CCCCc1c(OC)cc(=O)oc1CO. The summed E-state index contributed by atoms with van der Waals surface area (Å²) in [5.74, 6) is 0.816. The minimum Gasteiger partial charge on any atom is -0.496 e. The molecule has 1 heterocycles. The smallest absolute Gasteiger partial charge is 0.339 e. The molecule has 84 valence electrons. The van der Waals surface area contributed by atoms with E-state index < -0.39 is 5.63 Å². The topological polar surface area (TPSA) is 59.7 Å². The Morgan fingerprint density at radius 2 is 2.27 bits per heavy atom. The molecule has 0 unspecified atom stereocenters. The van der Waals surface area contributed by atoms with Crippen LogP contribution in [-0.4, -0.2) is 12.2 Å². The molecule has 0 saturated heterocycles. The van der Waals surface area contributed by atoms with Crippen molar-refractivity contribution in [2.75, 3.05) is 7.11 Å². The lowest BCUT2D eigenvalue weighted by atomic mass is 10.1. The summed E-state index contributed by atoms with van der Waals surface area (Å²) >= 11 is 0. The Morgan fingerprint density at radius 1 is 1.53 bits per heavy atom. The van der Waals surface area contributed by atoms with E-state index in [4.69, 9.17) is 14.3 Å². The van der Waals surface area contributed by atoms with Gasteiger partial charge in [0.25, 0.3) is 0 Å².